The number of carbonyl (C=O) groups is 1. The van der Waals surface area contributed by atoms with Crippen LogP contribution in [0.1, 0.15) is 10.4 Å². The molecule has 3 rings (SSSR count). The lowest BCUT2D eigenvalue weighted by atomic mass is 10.1. The van der Waals surface area contributed by atoms with E-state index < -0.39 is 10.2 Å². The topological polar surface area (TPSA) is 87.0 Å². The van der Waals surface area contributed by atoms with E-state index in [4.69, 9.17) is 4.42 Å². The van der Waals surface area contributed by atoms with Gasteiger partial charge in [0, 0.05) is 45.8 Å². The van der Waals surface area contributed by atoms with E-state index in [0.29, 0.717) is 29.8 Å². The third-order valence-electron chi connectivity index (χ3n) is 3.89. The molecule has 0 radical (unpaired) electrons. The van der Waals surface area contributed by atoms with Gasteiger partial charge in [0.15, 0.2) is 12.0 Å². The van der Waals surface area contributed by atoms with Crippen LogP contribution in [0.4, 0.5) is 0 Å². The molecular weight excluding hydrogens is 320 g/mol. The highest BCUT2D eigenvalue weighted by Crippen LogP contribution is 2.17. The average molecular weight is 338 g/mol. The van der Waals surface area contributed by atoms with Gasteiger partial charge in [-0.3, -0.25) is 4.79 Å². The summed E-state index contributed by atoms with van der Waals surface area (Å²) in [6.07, 6.45) is 1.34. The monoisotopic (exact) mass is 338 g/mol. The molecule has 0 aliphatic carbocycles. The zero-order valence-electron chi connectivity index (χ0n) is 13.0. The van der Waals surface area contributed by atoms with E-state index in [1.54, 1.807) is 23.1 Å². The standard InChI is InChI=1S/C14H18N4O4S/c1-16(2)23(20,21)18-7-5-17(6-8-18)14(19)11-3-4-12-13(9-11)22-10-15-12/h3-4,9-10H,5-8H2,1-2H3. The van der Waals surface area contributed by atoms with Gasteiger partial charge in [-0.2, -0.15) is 17.0 Å². The molecule has 8 nitrogen and oxygen atoms in total. The smallest absolute Gasteiger partial charge is 0.281 e. The number of hydrogen-bond acceptors (Lipinski definition) is 5. The third-order valence-corrected chi connectivity index (χ3v) is 5.83. The summed E-state index contributed by atoms with van der Waals surface area (Å²) in [4.78, 5) is 18.2. The predicted octanol–water partition coefficient (Wildman–Crippen LogP) is 0.392. The summed E-state index contributed by atoms with van der Waals surface area (Å²) in [6, 6.07) is 5.10. The number of hydrogen-bond donors (Lipinski definition) is 0. The average Bonchev–Trinajstić information content (AvgIpc) is 3.01. The molecule has 0 bridgehead atoms. The van der Waals surface area contributed by atoms with Crippen molar-refractivity contribution in [2.24, 2.45) is 0 Å². The molecule has 23 heavy (non-hydrogen) atoms. The summed E-state index contributed by atoms with van der Waals surface area (Å²) in [6.45, 7) is 1.30. The Hall–Kier alpha value is -1.97. The minimum absolute atomic E-state index is 0.134. The molecule has 0 saturated carbocycles. The van der Waals surface area contributed by atoms with Crippen LogP contribution >= 0.6 is 0 Å². The van der Waals surface area contributed by atoms with Gasteiger partial charge in [-0.15, -0.1) is 0 Å². The maximum atomic E-state index is 12.5. The summed E-state index contributed by atoms with van der Waals surface area (Å²) < 4.78 is 31.9. The van der Waals surface area contributed by atoms with E-state index in [-0.39, 0.29) is 19.0 Å². The van der Waals surface area contributed by atoms with Crippen molar-refractivity contribution < 1.29 is 17.6 Å². The third kappa shape index (κ3) is 2.94. The van der Waals surface area contributed by atoms with Crippen LogP contribution < -0.4 is 0 Å². The maximum absolute atomic E-state index is 12.5. The summed E-state index contributed by atoms with van der Waals surface area (Å²) in [7, 11) is -0.431. The SMILES string of the molecule is CN(C)S(=O)(=O)N1CCN(C(=O)c2ccc3ncoc3c2)CC1. The van der Waals surface area contributed by atoms with Gasteiger partial charge < -0.3 is 9.32 Å². The van der Waals surface area contributed by atoms with Crippen LogP contribution in [0.25, 0.3) is 11.1 Å². The first kappa shape index (κ1) is 15.9. The van der Waals surface area contributed by atoms with Crippen LogP contribution in [0.5, 0.6) is 0 Å². The molecule has 2 heterocycles. The molecule has 0 spiro atoms. The van der Waals surface area contributed by atoms with E-state index in [1.807, 2.05) is 0 Å². The molecule has 1 amide bonds. The van der Waals surface area contributed by atoms with Gasteiger partial charge in [-0.05, 0) is 18.2 Å². The summed E-state index contributed by atoms with van der Waals surface area (Å²) in [5.74, 6) is -0.134. The van der Waals surface area contributed by atoms with Crippen molar-refractivity contribution in [2.75, 3.05) is 40.3 Å². The van der Waals surface area contributed by atoms with E-state index in [0.717, 1.165) is 0 Å². The molecule has 1 saturated heterocycles. The van der Waals surface area contributed by atoms with Gasteiger partial charge in [0.2, 0.25) is 0 Å². The number of nitrogens with zero attached hydrogens (tertiary/aromatic N) is 4. The van der Waals surface area contributed by atoms with Crippen LogP contribution in [0, 0.1) is 0 Å². The Labute approximate surface area is 134 Å². The second-order valence-corrected chi connectivity index (χ2v) is 7.66. The minimum atomic E-state index is -3.43. The quantitative estimate of drug-likeness (QED) is 0.808. The van der Waals surface area contributed by atoms with Gasteiger partial charge in [0.05, 0.1) is 0 Å². The first-order chi connectivity index (χ1) is 10.9. The number of rotatable bonds is 3. The van der Waals surface area contributed by atoms with Crippen LogP contribution in [0.2, 0.25) is 0 Å². The molecule has 1 aromatic heterocycles. The molecule has 9 heteroatoms. The zero-order chi connectivity index (χ0) is 16.6. The molecule has 1 aliphatic rings. The fourth-order valence-corrected chi connectivity index (χ4v) is 3.61. The van der Waals surface area contributed by atoms with E-state index in [1.165, 1.54) is 29.1 Å². The number of amides is 1. The first-order valence-corrected chi connectivity index (χ1v) is 8.59. The molecule has 1 fully saturated rings. The highest BCUT2D eigenvalue weighted by Gasteiger charge is 2.30. The molecule has 124 valence electrons. The second-order valence-electron chi connectivity index (χ2n) is 5.52. The van der Waals surface area contributed by atoms with E-state index >= 15 is 0 Å². The molecule has 0 N–H and O–H groups in total. The van der Waals surface area contributed by atoms with Crippen molar-refractivity contribution in [3.8, 4) is 0 Å². The van der Waals surface area contributed by atoms with Crippen LogP contribution in [0.15, 0.2) is 29.0 Å². The number of piperazine rings is 1. The van der Waals surface area contributed by atoms with Gasteiger partial charge >= 0.3 is 0 Å². The van der Waals surface area contributed by atoms with Crippen molar-refractivity contribution in [3.05, 3.63) is 30.2 Å². The summed E-state index contributed by atoms with van der Waals surface area (Å²) >= 11 is 0. The number of benzene rings is 1. The summed E-state index contributed by atoms with van der Waals surface area (Å²) in [5.41, 5.74) is 1.77. The lowest BCUT2D eigenvalue weighted by molar-refractivity contribution is 0.0695. The van der Waals surface area contributed by atoms with E-state index in [9.17, 15) is 13.2 Å². The fourth-order valence-electron chi connectivity index (χ4n) is 2.52. The number of fused-ring (bicyclic) bond motifs is 1. The molecule has 0 unspecified atom stereocenters. The van der Waals surface area contributed by atoms with Crippen LogP contribution in [-0.2, 0) is 10.2 Å². The molecule has 1 aromatic carbocycles. The summed E-state index contributed by atoms with van der Waals surface area (Å²) in [5, 5.41) is 0. The van der Waals surface area contributed by atoms with Crippen LogP contribution in [0.3, 0.4) is 0 Å². The molecular formula is C14H18N4O4S. The van der Waals surface area contributed by atoms with Crippen molar-refractivity contribution in [2.45, 2.75) is 0 Å². The molecule has 0 atom stereocenters. The molecule has 1 aliphatic heterocycles. The Morgan fingerprint density at radius 2 is 1.91 bits per heavy atom. The minimum Gasteiger partial charge on any atom is -0.443 e. The van der Waals surface area contributed by atoms with Crippen molar-refractivity contribution in [1.82, 2.24) is 18.5 Å². The largest absolute Gasteiger partial charge is 0.443 e. The zero-order valence-corrected chi connectivity index (χ0v) is 13.8. The lowest BCUT2D eigenvalue weighted by Crippen LogP contribution is -2.53. The number of carbonyl (C=O) groups excluding carboxylic acids is 1. The highest BCUT2D eigenvalue weighted by atomic mass is 32.2. The van der Waals surface area contributed by atoms with Crippen molar-refractivity contribution >= 4 is 27.2 Å². The van der Waals surface area contributed by atoms with Gasteiger partial charge in [-0.25, -0.2) is 4.98 Å². The highest BCUT2D eigenvalue weighted by molar-refractivity contribution is 7.86. The normalized spacial score (nSPS) is 17.1. The van der Waals surface area contributed by atoms with Crippen molar-refractivity contribution in [1.29, 1.82) is 0 Å². The lowest BCUT2D eigenvalue weighted by Gasteiger charge is -2.35. The number of oxazole rings is 1. The fraction of sp³-hybridized carbons (Fsp3) is 0.429. The van der Waals surface area contributed by atoms with Crippen LogP contribution in [-0.4, -0.2) is 73.1 Å². The van der Waals surface area contributed by atoms with E-state index in [2.05, 4.69) is 4.98 Å². The maximum Gasteiger partial charge on any atom is 0.281 e. The Morgan fingerprint density at radius 1 is 1.22 bits per heavy atom. The molecule has 2 aromatic rings. The Kier molecular flexibility index (Phi) is 4.09. The second kappa shape index (κ2) is 5.91. The van der Waals surface area contributed by atoms with Gasteiger partial charge in [0.25, 0.3) is 16.1 Å². The van der Waals surface area contributed by atoms with Crippen molar-refractivity contribution in [3.63, 3.8) is 0 Å². The first-order valence-electron chi connectivity index (χ1n) is 7.20. The number of aromatic nitrogens is 1. The van der Waals surface area contributed by atoms with Gasteiger partial charge in [-0.1, -0.05) is 0 Å². The van der Waals surface area contributed by atoms with Gasteiger partial charge in [0.1, 0.15) is 5.52 Å². The predicted molar refractivity (Wildman–Crippen MR) is 84.1 cm³/mol. The Balaban J connectivity index is 1.71. The Morgan fingerprint density at radius 3 is 2.57 bits per heavy atom. The Bertz CT molecular complexity index is 822.